The topological polar surface area (TPSA) is 18.5 Å². The molecule has 0 aliphatic carbocycles. The lowest BCUT2D eigenvalue weighted by Crippen LogP contribution is -2.49. The van der Waals surface area contributed by atoms with E-state index in [4.69, 9.17) is 0 Å². The third-order valence-electron chi connectivity index (χ3n) is 3.72. The Labute approximate surface area is 115 Å². The summed E-state index contributed by atoms with van der Waals surface area (Å²) in [5.41, 5.74) is 0.777. The first-order valence-corrected chi connectivity index (χ1v) is 6.99. The third kappa shape index (κ3) is 4.56. The standard InChI is InChI=1S/C15H24FN3/c1-18(11-13-5-3-4-6-15(13)16)9-7-14-12-19(2)10-8-17-14/h3-6,14,17H,7-12H2,1-2H3. The lowest BCUT2D eigenvalue weighted by Gasteiger charge is -2.32. The van der Waals surface area contributed by atoms with Crippen LogP contribution in [0.3, 0.4) is 0 Å². The van der Waals surface area contributed by atoms with Gasteiger partial charge in [0.25, 0.3) is 0 Å². The molecule has 1 atom stereocenters. The van der Waals surface area contributed by atoms with Crippen molar-refractivity contribution in [3.8, 4) is 0 Å². The summed E-state index contributed by atoms with van der Waals surface area (Å²) >= 11 is 0. The molecule has 1 aromatic rings. The Morgan fingerprint density at radius 1 is 1.42 bits per heavy atom. The van der Waals surface area contributed by atoms with Crippen molar-refractivity contribution in [1.29, 1.82) is 0 Å². The molecular weight excluding hydrogens is 241 g/mol. The molecule has 1 unspecified atom stereocenters. The van der Waals surface area contributed by atoms with Crippen LogP contribution in [-0.4, -0.2) is 56.1 Å². The zero-order valence-electron chi connectivity index (χ0n) is 11.9. The second-order valence-electron chi connectivity index (χ2n) is 5.53. The molecule has 0 amide bonds. The smallest absolute Gasteiger partial charge is 0.127 e. The van der Waals surface area contributed by atoms with Gasteiger partial charge >= 0.3 is 0 Å². The van der Waals surface area contributed by atoms with Crippen molar-refractivity contribution in [3.63, 3.8) is 0 Å². The Morgan fingerprint density at radius 3 is 2.95 bits per heavy atom. The SMILES string of the molecule is CN(CCC1CN(C)CCN1)Cc1ccccc1F. The Hall–Kier alpha value is -0.970. The number of hydrogen-bond donors (Lipinski definition) is 1. The molecule has 0 aromatic heterocycles. The summed E-state index contributed by atoms with van der Waals surface area (Å²) in [4.78, 5) is 4.55. The number of hydrogen-bond acceptors (Lipinski definition) is 3. The van der Waals surface area contributed by atoms with E-state index in [-0.39, 0.29) is 5.82 Å². The van der Waals surface area contributed by atoms with Crippen molar-refractivity contribution in [2.45, 2.75) is 19.0 Å². The van der Waals surface area contributed by atoms with Gasteiger partial charge in [0.15, 0.2) is 0 Å². The first kappa shape index (κ1) is 14.4. The minimum atomic E-state index is -0.107. The Kier molecular flexibility index (Phi) is 5.31. The summed E-state index contributed by atoms with van der Waals surface area (Å²) in [6, 6.07) is 7.57. The van der Waals surface area contributed by atoms with Crippen molar-refractivity contribution in [3.05, 3.63) is 35.6 Å². The Balaban J connectivity index is 1.75. The van der Waals surface area contributed by atoms with E-state index >= 15 is 0 Å². The quantitative estimate of drug-likeness (QED) is 0.871. The van der Waals surface area contributed by atoms with E-state index in [0.29, 0.717) is 12.6 Å². The lowest BCUT2D eigenvalue weighted by molar-refractivity contribution is 0.212. The molecule has 1 heterocycles. The van der Waals surface area contributed by atoms with Gasteiger partial charge in [-0.25, -0.2) is 4.39 Å². The predicted octanol–water partition coefficient (Wildman–Crippen LogP) is 1.55. The van der Waals surface area contributed by atoms with E-state index in [1.54, 1.807) is 6.07 Å². The summed E-state index contributed by atoms with van der Waals surface area (Å²) in [5.74, 6) is -0.107. The molecule has 0 bridgehead atoms. The molecule has 0 radical (unpaired) electrons. The van der Waals surface area contributed by atoms with Gasteiger partial charge in [0.05, 0.1) is 0 Å². The zero-order chi connectivity index (χ0) is 13.7. The van der Waals surface area contributed by atoms with Gasteiger partial charge in [0.2, 0.25) is 0 Å². The number of rotatable bonds is 5. The summed E-state index contributed by atoms with van der Waals surface area (Å²) in [7, 11) is 4.22. The van der Waals surface area contributed by atoms with Crippen LogP contribution in [0.4, 0.5) is 4.39 Å². The van der Waals surface area contributed by atoms with E-state index in [2.05, 4.69) is 29.2 Å². The largest absolute Gasteiger partial charge is 0.311 e. The number of benzene rings is 1. The van der Waals surface area contributed by atoms with Gasteiger partial charge in [0.1, 0.15) is 5.82 Å². The second-order valence-corrected chi connectivity index (χ2v) is 5.53. The maximum atomic E-state index is 13.6. The summed E-state index contributed by atoms with van der Waals surface area (Å²) in [6.45, 7) is 4.96. The molecule has 3 nitrogen and oxygen atoms in total. The molecule has 0 saturated carbocycles. The van der Waals surface area contributed by atoms with Crippen LogP contribution in [0.5, 0.6) is 0 Å². The average molecular weight is 265 g/mol. The molecule has 106 valence electrons. The van der Waals surface area contributed by atoms with Gasteiger partial charge < -0.3 is 15.1 Å². The first-order valence-electron chi connectivity index (χ1n) is 6.99. The highest BCUT2D eigenvalue weighted by molar-refractivity contribution is 5.16. The summed E-state index contributed by atoms with van der Waals surface area (Å²) in [6.07, 6.45) is 1.11. The van der Waals surface area contributed by atoms with Gasteiger partial charge in [-0.3, -0.25) is 0 Å². The lowest BCUT2D eigenvalue weighted by atomic mass is 10.1. The van der Waals surface area contributed by atoms with Crippen LogP contribution in [0.2, 0.25) is 0 Å². The van der Waals surface area contributed by atoms with Crippen LogP contribution in [-0.2, 0) is 6.54 Å². The number of nitrogens with one attached hydrogen (secondary N) is 1. The van der Waals surface area contributed by atoms with E-state index in [1.807, 2.05) is 12.1 Å². The fourth-order valence-corrected chi connectivity index (χ4v) is 2.56. The summed E-state index contributed by atoms with van der Waals surface area (Å²) in [5, 5.41) is 3.54. The number of likely N-dealkylation sites (N-methyl/N-ethyl adjacent to an activating group) is 1. The third-order valence-corrected chi connectivity index (χ3v) is 3.72. The molecule has 2 rings (SSSR count). The molecule has 19 heavy (non-hydrogen) atoms. The van der Waals surface area contributed by atoms with E-state index < -0.39 is 0 Å². The molecule has 1 fully saturated rings. The molecule has 1 aliphatic rings. The van der Waals surface area contributed by atoms with Gasteiger partial charge in [-0.1, -0.05) is 18.2 Å². The molecule has 1 saturated heterocycles. The molecule has 1 aliphatic heterocycles. The first-order chi connectivity index (χ1) is 9.15. The fourth-order valence-electron chi connectivity index (χ4n) is 2.56. The van der Waals surface area contributed by atoms with Gasteiger partial charge in [-0.15, -0.1) is 0 Å². The number of nitrogens with zero attached hydrogens (tertiary/aromatic N) is 2. The molecule has 1 N–H and O–H groups in total. The number of halogens is 1. The van der Waals surface area contributed by atoms with Crippen LogP contribution in [0, 0.1) is 5.82 Å². The van der Waals surface area contributed by atoms with E-state index in [1.165, 1.54) is 6.07 Å². The highest BCUT2D eigenvalue weighted by Gasteiger charge is 2.16. The fraction of sp³-hybridized carbons (Fsp3) is 0.600. The van der Waals surface area contributed by atoms with Crippen LogP contribution < -0.4 is 5.32 Å². The van der Waals surface area contributed by atoms with Crippen LogP contribution in [0.25, 0.3) is 0 Å². The Morgan fingerprint density at radius 2 is 2.21 bits per heavy atom. The predicted molar refractivity (Wildman–Crippen MR) is 76.6 cm³/mol. The van der Waals surface area contributed by atoms with Gasteiger partial charge in [-0.2, -0.15) is 0 Å². The normalized spacial score (nSPS) is 20.9. The van der Waals surface area contributed by atoms with Crippen LogP contribution in [0.1, 0.15) is 12.0 Å². The van der Waals surface area contributed by atoms with Crippen LogP contribution >= 0.6 is 0 Å². The van der Waals surface area contributed by atoms with Crippen molar-refractivity contribution in [2.24, 2.45) is 0 Å². The molecule has 4 heteroatoms. The summed E-state index contributed by atoms with van der Waals surface area (Å²) < 4.78 is 13.6. The van der Waals surface area contributed by atoms with Crippen molar-refractivity contribution >= 4 is 0 Å². The van der Waals surface area contributed by atoms with Crippen molar-refractivity contribution in [1.82, 2.24) is 15.1 Å². The number of piperazine rings is 1. The highest BCUT2D eigenvalue weighted by atomic mass is 19.1. The monoisotopic (exact) mass is 265 g/mol. The molecule has 0 spiro atoms. The van der Waals surface area contributed by atoms with Gasteiger partial charge in [0, 0.05) is 37.8 Å². The zero-order valence-corrected chi connectivity index (χ0v) is 11.9. The van der Waals surface area contributed by atoms with E-state index in [9.17, 15) is 4.39 Å². The maximum absolute atomic E-state index is 13.6. The van der Waals surface area contributed by atoms with E-state index in [0.717, 1.165) is 38.2 Å². The minimum absolute atomic E-state index is 0.107. The van der Waals surface area contributed by atoms with Crippen molar-refractivity contribution in [2.75, 3.05) is 40.3 Å². The second kappa shape index (κ2) is 6.98. The maximum Gasteiger partial charge on any atom is 0.127 e. The molecular formula is C15H24FN3. The minimum Gasteiger partial charge on any atom is -0.311 e. The van der Waals surface area contributed by atoms with Crippen LogP contribution in [0.15, 0.2) is 24.3 Å². The van der Waals surface area contributed by atoms with Crippen molar-refractivity contribution < 1.29 is 4.39 Å². The Bertz CT molecular complexity index is 397. The molecule has 1 aromatic carbocycles. The van der Waals surface area contributed by atoms with Gasteiger partial charge in [-0.05, 0) is 33.1 Å². The average Bonchev–Trinajstić information content (AvgIpc) is 2.39. The highest BCUT2D eigenvalue weighted by Crippen LogP contribution is 2.10.